The molecule has 2 aliphatic rings. The van der Waals surface area contributed by atoms with Gasteiger partial charge in [0.15, 0.2) is 0 Å². The van der Waals surface area contributed by atoms with Crippen molar-refractivity contribution >= 4 is 27.6 Å². The van der Waals surface area contributed by atoms with Crippen LogP contribution in [0.2, 0.25) is 0 Å². The molecule has 0 fully saturated rings. The third-order valence-electron chi connectivity index (χ3n) is 5.94. The second-order valence-electron chi connectivity index (χ2n) is 8.10. The predicted molar refractivity (Wildman–Crippen MR) is 130 cm³/mol. The lowest BCUT2D eigenvalue weighted by Crippen LogP contribution is -2.33. The molecule has 2 atom stereocenters. The SMILES string of the molecule is O=C(Oc1ccc([C@H]2Oc3ccc(Br)cc3[C@H]3CC(c4ccco4)=NN32)cc1)c1ccccc1. The molecular formula is C27H19BrN2O4. The number of hydrogen-bond acceptors (Lipinski definition) is 6. The van der Waals surface area contributed by atoms with Crippen LogP contribution >= 0.6 is 15.9 Å². The van der Waals surface area contributed by atoms with Crippen molar-refractivity contribution in [2.75, 3.05) is 0 Å². The van der Waals surface area contributed by atoms with Crippen LogP contribution in [0.3, 0.4) is 0 Å². The summed E-state index contributed by atoms with van der Waals surface area (Å²) in [6, 6.07) is 26.1. The Morgan fingerprint density at radius 2 is 1.82 bits per heavy atom. The van der Waals surface area contributed by atoms with Gasteiger partial charge in [0.05, 0.1) is 17.9 Å². The zero-order valence-electron chi connectivity index (χ0n) is 17.9. The highest BCUT2D eigenvalue weighted by atomic mass is 79.9. The molecule has 0 saturated heterocycles. The van der Waals surface area contributed by atoms with E-state index < -0.39 is 12.2 Å². The van der Waals surface area contributed by atoms with Gasteiger partial charge in [-0.2, -0.15) is 5.10 Å². The Bertz CT molecular complexity index is 1370. The third kappa shape index (κ3) is 3.78. The summed E-state index contributed by atoms with van der Waals surface area (Å²) >= 11 is 3.57. The summed E-state index contributed by atoms with van der Waals surface area (Å²) in [6.45, 7) is 0. The Hall–Kier alpha value is -3.84. The van der Waals surface area contributed by atoms with E-state index >= 15 is 0 Å². The van der Waals surface area contributed by atoms with Crippen molar-refractivity contribution in [1.29, 1.82) is 0 Å². The van der Waals surface area contributed by atoms with Gasteiger partial charge < -0.3 is 13.9 Å². The van der Waals surface area contributed by atoms with Gasteiger partial charge in [0.1, 0.15) is 23.0 Å². The lowest BCUT2D eigenvalue weighted by molar-refractivity contribution is -0.0191. The first-order valence-electron chi connectivity index (χ1n) is 10.9. The van der Waals surface area contributed by atoms with Gasteiger partial charge in [-0.3, -0.25) is 0 Å². The minimum absolute atomic E-state index is 0.0157. The fourth-order valence-corrected chi connectivity index (χ4v) is 4.69. The summed E-state index contributed by atoms with van der Waals surface area (Å²) < 4.78 is 18.5. The van der Waals surface area contributed by atoms with Gasteiger partial charge in [-0.1, -0.05) is 34.1 Å². The topological polar surface area (TPSA) is 64.3 Å². The van der Waals surface area contributed by atoms with E-state index in [0.29, 0.717) is 17.7 Å². The highest BCUT2D eigenvalue weighted by Crippen LogP contribution is 2.48. The van der Waals surface area contributed by atoms with E-state index in [2.05, 4.69) is 22.0 Å². The molecule has 2 aliphatic heterocycles. The van der Waals surface area contributed by atoms with Gasteiger partial charge in [0.2, 0.25) is 6.23 Å². The highest BCUT2D eigenvalue weighted by molar-refractivity contribution is 9.10. The molecule has 6 rings (SSSR count). The lowest BCUT2D eigenvalue weighted by atomic mass is 9.97. The second kappa shape index (κ2) is 8.50. The van der Waals surface area contributed by atoms with Crippen LogP contribution in [0.1, 0.15) is 45.9 Å². The fraction of sp³-hybridized carbons (Fsp3) is 0.111. The van der Waals surface area contributed by atoms with E-state index in [1.165, 1.54) is 0 Å². The van der Waals surface area contributed by atoms with Crippen molar-refractivity contribution in [2.45, 2.75) is 18.7 Å². The summed E-state index contributed by atoms with van der Waals surface area (Å²) in [5.74, 6) is 1.65. The maximum absolute atomic E-state index is 12.4. The quantitative estimate of drug-likeness (QED) is 0.229. The van der Waals surface area contributed by atoms with Crippen LogP contribution in [0, 0.1) is 0 Å². The van der Waals surface area contributed by atoms with Crippen LogP contribution in [0.15, 0.2) is 105 Å². The average molecular weight is 515 g/mol. The number of rotatable bonds is 4. The number of hydrazone groups is 1. The monoisotopic (exact) mass is 514 g/mol. The van der Waals surface area contributed by atoms with Crippen LogP contribution in [-0.2, 0) is 0 Å². The number of furan rings is 1. The Kier molecular flexibility index (Phi) is 5.19. The first-order chi connectivity index (χ1) is 16.7. The van der Waals surface area contributed by atoms with E-state index in [1.807, 2.05) is 47.5 Å². The molecule has 3 aromatic carbocycles. The third-order valence-corrected chi connectivity index (χ3v) is 6.44. The predicted octanol–water partition coefficient (Wildman–Crippen LogP) is 6.50. The molecule has 0 bridgehead atoms. The Balaban J connectivity index is 1.30. The van der Waals surface area contributed by atoms with Crippen LogP contribution in [0.4, 0.5) is 0 Å². The van der Waals surface area contributed by atoms with Crippen LogP contribution < -0.4 is 9.47 Å². The van der Waals surface area contributed by atoms with E-state index in [0.717, 1.165) is 32.8 Å². The fourth-order valence-electron chi connectivity index (χ4n) is 4.31. The zero-order chi connectivity index (χ0) is 23.1. The van der Waals surface area contributed by atoms with Crippen LogP contribution in [0.25, 0.3) is 0 Å². The van der Waals surface area contributed by atoms with Gasteiger partial charge >= 0.3 is 5.97 Å². The molecule has 6 nitrogen and oxygen atoms in total. The molecule has 34 heavy (non-hydrogen) atoms. The molecular weight excluding hydrogens is 496 g/mol. The van der Waals surface area contributed by atoms with Gasteiger partial charge in [-0.05, 0) is 66.7 Å². The number of esters is 1. The molecule has 0 saturated carbocycles. The smallest absolute Gasteiger partial charge is 0.343 e. The first-order valence-corrected chi connectivity index (χ1v) is 11.7. The molecule has 0 aliphatic carbocycles. The summed E-state index contributed by atoms with van der Waals surface area (Å²) in [5, 5.41) is 6.86. The van der Waals surface area contributed by atoms with Crippen molar-refractivity contribution < 1.29 is 18.7 Å². The number of nitrogens with zero attached hydrogens (tertiary/aromatic N) is 2. The van der Waals surface area contributed by atoms with Crippen molar-refractivity contribution in [2.24, 2.45) is 5.10 Å². The molecule has 0 radical (unpaired) electrons. The van der Waals surface area contributed by atoms with Crippen molar-refractivity contribution in [3.8, 4) is 11.5 Å². The summed E-state index contributed by atoms with van der Waals surface area (Å²) in [6.07, 6.45) is 1.94. The zero-order valence-corrected chi connectivity index (χ0v) is 19.5. The summed E-state index contributed by atoms with van der Waals surface area (Å²) in [5.41, 5.74) is 3.36. The number of hydrogen-bond donors (Lipinski definition) is 0. The molecule has 0 unspecified atom stereocenters. The van der Waals surface area contributed by atoms with Crippen LogP contribution in [-0.4, -0.2) is 16.7 Å². The van der Waals surface area contributed by atoms with Crippen molar-refractivity contribution in [3.05, 3.63) is 118 Å². The number of benzene rings is 3. The summed E-state index contributed by atoms with van der Waals surface area (Å²) in [7, 11) is 0. The molecule has 0 spiro atoms. The molecule has 7 heteroatoms. The average Bonchev–Trinajstić information content (AvgIpc) is 3.55. The van der Waals surface area contributed by atoms with E-state index in [-0.39, 0.29) is 6.04 Å². The number of halogens is 1. The van der Waals surface area contributed by atoms with Crippen LogP contribution in [0.5, 0.6) is 11.5 Å². The first kappa shape index (κ1) is 20.7. The van der Waals surface area contributed by atoms with Crippen molar-refractivity contribution in [1.82, 2.24) is 5.01 Å². The normalized spacial score (nSPS) is 18.5. The molecule has 0 amide bonds. The maximum atomic E-state index is 12.4. The minimum atomic E-state index is -0.426. The Morgan fingerprint density at radius 1 is 1.00 bits per heavy atom. The second-order valence-corrected chi connectivity index (χ2v) is 9.02. The number of fused-ring (bicyclic) bond motifs is 3. The minimum Gasteiger partial charge on any atom is -0.464 e. The largest absolute Gasteiger partial charge is 0.464 e. The maximum Gasteiger partial charge on any atom is 0.343 e. The number of carbonyl (C=O) groups excluding carboxylic acids is 1. The molecule has 4 aromatic rings. The van der Waals surface area contributed by atoms with E-state index in [9.17, 15) is 4.79 Å². The number of ether oxygens (including phenoxy) is 2. The van der Waals surface area contributed by atoms with E-state index in [4.69, 9.17) is 19.0 Å². The van der Waals surface area contributed by atoms with Gasteiger partial charge in [0, 0.05) is 22.0 Å². The Morgan fingerprint density at radius 3 is 2.59 bits per heavy atom. The molecule has 0 N–H and O–H groups in total. The van der Waals surface area contributed by atoms with Gasteiger partial charge in [-0.15, -0.1) is 0 Å². The standard InChI is InChI=1S/C27H19BrN2O4/c28-19-10-13-24-21(15-19)23-16-22(25-7-4-14-32-25)29-30(23)26(34-24)17-8-11-20(12-9-17)33-27(31)18-5-2-1-3-6-18/h1-15,23,26H,16H2/t23-,26-/m1/s1. The molecule has 1 aromatic heterocycles. The molecule has 3 heterocycles. The van der Waals surface area contributed by atoms with Gasteiger partial charge in [0.25, 0.3) is 0 Å². The summed E-state index contributed by atoms with van der Waals surface area (Å²) in [4.78, 5) is 12.4. The molecule has 168 valence electrons. The lowest BCUT2D eigenvalue weighted by Gasteiger charge is -2.38. The Labute approximate surface area is 204 Å². The number of carbonyl (C=O) groups is 1. The highest BCUT2D eigenvalue weighted by Gasteiger charge is 2.41. The van der Waals surface area contributed by atoms with E-state index in [1.54, 1.807) is 42.7 Å². The van der Waals surface area contributed by atoms with Gasteiger partial charge in [-0.25, -0.2) is 9.80 Å². The van der Waals surface area contributed by atoms with Crippen molar-refractivity contribution in [3.63, 3.8) is 0 Å².